The van der Waals surface area contributed by atoms with Crippen molar-refractivity contribution in [1.29, 1.82) is 5.26 Å². The van der Waals surface area contributed by atoms with E-state index in [1.54, 1.807) is 11.9 Å². The van der Waals surface area contributed by atoms with E-state index in [2.05, 4.69) is 6.07 Å². The summed E-state index contributed by atoms with van der Waals surface area (Å²) in [6, 6.07) is 7.76. The number of benzene rings is 1. The molecule has 0 radical (unpaired) electrons. The van der Waals surface area contributed by atoms with Crippen LogP contribution in [0.3, 0.4) is 0 Å². The molecule has 1 aromatic rings. The highest BCUT2D eigenvalue weighted by atomic mass is 16.5. The summed E-state index contributed by atoms with van der Waals surface area (Å²) in [7, 11) is 1.72. The largest absolute Gasteiger partial charge is 0.494 e. The highest BCUT2D eigenvalue weighted by Crippen LogP contribution is 2.47. The van der Waals surface area contributed by atoms with E-state index in [0.717, 1.165) is 17.0 Å². The molecule has 100 valence electrons. The molecule has 0 aromatic heterocycles. The zero-order valence-electron chi connectivity index (χ0n) is 11.6. The first-order valence-electron chi connectivity index (χ1n) is 6.47. The Morgan fingerprint density at radius 2 is 2.21 bits per heavy atom. The van der Waals surface area contributed by atoms with Crippen molar-refractivity contribution in [2.75, 3.05) is 18.6 Å². The molecule has 4 nitrogen and oxygen atoms in total. The minimum Gasteiger partial charge on any atom is -0.494 e. The molecule has 0 saturated heterocycles. The first-order chi connectivity index (χ1) is 9.04. The van der Waals surface area contributed by atoms with Crippen molar-refractivity contribution in [3.63, 3.8) is 0 Å². The second-order valence-electron chi connectivity index (χ2n) is 4.94. The second-order valence-corrected chi connectivity index (χ2v) is 4.94. The molecule has 0 heterocycles. The Labute approximate surface area is 113 Å². The molecule has 1 saturated carbocycles. The van der Waals surface area contributed by atoms with Crippen molar-refractivity contribution in [2.24, 2.45) is 5.41 Å². The van der Waals surface area contributed by atoms with Gasteiger partial charge in [-0.25, -0.2) is 0 Å². The van der Waals surface area contributed by atoms with Gasteiger partial charge in [0, 0.05) is 12.7 Å². The van der Waals surface area contributed by atoms with E-state index >= 15 is 0 Å². The van der Waals surface area contributed by atoms with Crippen molar-refractivity contribution in [2.45, 2.75) is 26.7 Å². The van der Waals surface area contributed by atoms with Crippen LogP contribution < -0.4 is 9.64 Å². The van der Waals surface area contributed by atoms with Crippen molar-refractivity contribution in [1.82, 2.24) is 0 Å². The molecule has 0 spiro atoms. The average molecular weight is 258 g/mol. The molecule has 1 fully saturated rings. The van der Waals surface area contributed by atoms with E-state index < -0.39 is 5.41 Å². The minimum atomic E-state index is -0.777. The van der Waals surface area contributed by atoms with Crippen LogP contribution in [0.2, 0.25) is 0 Å². The van der Waals surface area contributed by atoms with Crippen molar-refractivity contribution in [3.05, 3.63) is 23.8 Å². The van der Waals surface area contributed by atoms with E-state index in [-0.39, 0.29) is 5.91 Å². The summed E-state index contributed by atoms with van der Waals surface area (Å²) in [5.41, 5.74) is 1.01. The number of hydrogen-bond donors (Lipinski definition) is 0. The van der Waals surface area contributed by atoms with E-state index in [1.807, 2.05) is 32.0 Å². The summed E-state index contributed by atoms with van der Waals surface area (Å²) in [5, 5.41) is 9.07. The van der Waals surface area contributed by atoms with E-state index in [4.69, 9.17) is 10.00 Å². The number of carbonyl (C=O) groups is 1. The van der Waals surface area contributed by atoms with Crippen LogP contribution in [-0.2, 0) is 4.79 Å². The van der Waals surface area contributed by atoms with Crippen LogP contribution in [-0.4, -0.2) is 19.6 Å². The summed E-state index contributed by atoms with van der Waals surface area (Å²) in [5.74, 6) is 0.715. The van der Waals surface area contributed by atoms with E-state index in [0.29, 0.717) is 19.4 Å². The highest BCUT2D eigenvalue weighted by molar-refractivity contribution is 6.00. The minimum absolute atomic E-state index is 0.112. The lowest BCUT2D eigenvalue weighted by Gasteiger charge is -2.21. The van der Waals surface area contributed by atoms with Gasteiger partial charge in [0.2, 0.25) is 5.91 Å². The van der Waals surface area contributed by atoms with Gasteiger partial charge in [-0.05, 0) is 50.5 Å². The third-order valence-corrected chi connectivity index (χ3v) is 3.52. The molecule has 0 aliphatic heterocycles. The average Bonchev–Trinajstić information content (AvgIpc) is 3.20. The molecular weight excluding hydrogens is 240 g/mol. The maximum Gasteiger partial charge on any atom is 0.247 e. The first-order valence-corrected chi connectivity index (χ1v) is 6.47. The first kappa shape index (κ1) is 13.4. The third-order valence-electron chi connectivity index (χ3n) is 3.52. The number of rotatable bonds is 4. The molecule has 0 unspecified atom stereocenters. The normalized spacial score (nSPS) is 15.5. The van der Waals surface area contributed by atoms with Gasteiger partial charge in [-0.15, -0.1) is 0 Å². The maximum absolute atomic E-state index is 12.3. The zero-order valence-corrected chi connectivity index (χ0v) is 11.6. The number of anilines is 1. The highest BCUT2D eigenvalue weighted by Gasteiger charge is 2.52. The fraction of sp³-hybridized carbons (Fsp3) is 0.467. The molecule has 4 heteroatoms. The van der Waals surface area contributed by atoms with Gasteiger partial charge < -0.3 is 9.64 Å². The van der Waals surface area contributed by atoms with Gasteiger partial charge in [-0.3, -0.25) is 4.79 Å². The summed E-state index contributed by atoms with van der Waals surface area (Å²) in [4.78, 5) is 13.8. The van der Waals surface area contributed by atoms with Gasteiger partial charge in [0.1, 0.15) is 11.2 Å². The number of hydrogen-bond acceptors (Lipinski definition) is 3. The Morgan fingerprint density at radius 1 is 1.53 bits per heavy atom. The van der Waals surface area contributed by atoms with Crippen LogP contribution in [0.5, 0.6) is 5.75 Å². The molecule has 1 aliphatic rings. The number of nitrogens with zero attached hydrogens (tertiary/aromatic N) is 2. The van der Waals surface area contributed by atoms with Crippen molar-refractivity contribution >= 4 is 11.6 Å². The molecule has 2 rings (SSSR count). The number of amides is 1. The lowest BCUT2D eigenvalue weighted by molar-refractivity contribution is -0.121. The molecule has 1 aromatic carbocycles. The molecule has 1 aliphatic carbocycles. The van der Waals surface area contributed by atoms with Gasteiger partial charge in [0.15, 0.2) is 0 Å². The molecule has 1 amide bonds. The van der Waals surface area contributed by atoms with Crippen LogP contribution in [0.1, 0.15) is 25.3 Å². The van der Waals surface area contributed by atoms with Crippen LogP contribution in [0, 0.1) is 23.7 Å². The molecule has 0 N–H and O–H groups in total. The van der Waals surface area contributed by atoms with E-state index in [9.17, 15) is 4.79 Å². The van der Waals surface area contributed by atoms with Crippen LogP contribution >= 0.6 is 0 Å². The van der Waals surface area contributed by atoms with Crippen molar-refractivity contribution < 1.29 is 9.53 Å². The van der Waals surface area contributed by atoms with Crippen LogP contribution in [0.15, 0.2) is 18.2 Å². The standard InChI is InChI=1S/C15H18N2O2/c1-4-19-13-6-5-12(9-11(13)2)17(3)14(18)15(10-16)7-8-15/h5-6,9H,4,7-8H2,1-3H3. The fourth-order valence-corrected chi connectivity index (χ4v) is 2.10. The van der Waals surface area contributed by atoms with Gasteiger partial charge >= 0.3 is 0 Å². The Balaban J connectivity index is 2.21. The fourth-order valence-electron chi connectivity index (χ4n) is 2.10. The SMILES string of the molecule is CCOc1ccc(N(C)C(=O)C2(C#N)CC2)cc1C. The van der Waals surface area contributed by atoms with Crippen molar-refractivity contribution in [3.8, 4) is 11.8 Å². The lowest BCUT2D eigenvalue weighted by atomic mass is 10.1. The summed E-state index contributed by atoms with van der Waals surface area (Å²) in [6.45, 7) is 4.50. The summed E-state index contributed by atoms with van der Waals surface area (Å²) >= 11 is 0. The monoisotopic (exact) mass is 258 g/mol. The summed E-state index contributed by atoms with van der Waals surface area (Å²) < 4.78 is 5.48. The molecule has 0 bridgehead atoms. The summed E-state index contributed by atoms with van der Waals surface area (Å²) in [6.07, 6.45) is 1.34. The Hall–Kier alpha value is -2.02. The van der Waals surface area contributed by atoms with Gasteiger partial charge in [0.25, 0.3) is 0 Å². The van der Waals surface area contributed by atoms with Gasteiger partial charge in [-0.1, -0.05) is 0 Å². The van der Waals surface area contributed by atoms with Crippen LogP contribution in [0.25, 0.3) is 0 Å². The molecule has 0 atom stereocenters. The quantitative estimate of drug-likeness (QED) is 0.834. The van der Waals surface area contributed by atoms with Gasteiger partial charge in [0.05, 0.1) is 12.7 Å². The van der Waals surface area contributed by atoms with E-state index in [1.165, 1.54) is 0 Å². The number of carbonyl (C=O) groups excluding carboxylic acids is 1. The smallest absolute Gasteiger partial charge is 0.247 e. The lowest BCUT2D eigenvalue weighted by Crippen LogP contribution is -2.33. The molecule has 19 heavy (non-hydrogen) atoms. The predicted octanol–water partition coefficient (Wildman–Crippen LogP) is 2.66. The maximum atomic E-state index is 12.3. The Bertz CT molecular complexity index is 542. The second kappa shape index (κ2) is 4.93. The van der Waals surface area contributed by atoms with Crippen LogP contribution in [0.4, 0.5) is 5.69 Å². The molecular formula is C15H18N2O2. The Kier molecular flexibility index (Phi) is 3.48. The number of ether oxygens (including phenoxy) is 1. The van der Waals surface area contributed by atoms with Gasteiger partial charge in [-0.2, -0.15) is 5.26 Å². The number of nitriles is 1. The third kappa shape index (κ3) is 2.41. The predicted molar refractivity (Wildman–Crippen MR) is 73.0 cm³/mol. The number of aryl methyl sites for hydroxylation is 1. The zero-order chi connectivity index (χ0) is 14.0. The topological polar surface area (TPSA) is 53.3 Å². The Morgan fingerprint density at radius 3 is 2.68 bits per heavy atom.